The third-order valence-electron chi connectivity index (χ3n) is 4.87. The maximum Gasteiger partial charge on any atom is 0.318 e. The molecule has 1 heterocycles. The number of carbonyl (C=O) groups is 1. The minimum absolute atomic E-state index is 0.0976. The van der Waals surface area contributed by atoms with Crippen LogP contribution in [0.3, 0.4) is 0 Å². The molecule has 2 aliphatic rings. The second-order valence-corrected chi connectivity index (χ2v) is 7.32. The Morgan fingerprint density at radius 1 is 1.22 bits per heavy atom. The fourth-order valence-corrected chi connectivity index (χ4v) is 4.26. The molecule has 23 heavy (non-hydrogen) atoms. The fraction of sp³-hybridized carbons (Fsp3) is 0.421. The van der Waals surface area contributed by atoms with Gasteiger partial charge in [-0.3, -0.25) is 0 Å². The second-order valence-electron chi connectivity index (χ2n) is 6.54. The zero-order valence-electron chi connectivity index (χ0n) is 13.2. The molecule has 0 spiro atoms. The lowest BCUT2D eigenvalue weighted by Gasteiger charge is -2.36. The number of nitrogens with zero attached hydrogens (tertiary/aromatic N) is 1. The number of aryl methyl sites for hydroxylation is 1. The molecule has 1 aromatic carbocycles. The molecule has 1 atom stereocenters. The van der Waals surface area contributed by atoms with Crippen LogP contribution in [0.1, 0.15) is 48.4 Å². The molecule has 2 aliphatic carbocycles. The molecular weight excluding hydrogens is 304 g/mol. The molecule has 120 valence electrons. The minimum Gasteiger partial charge on any atom is -0.334 e. The van der Waals surface area contributed by atoms with Crippen LogP contribution in [0.15, 0.2) is 41.1 Å². The van der Waals surface area contributed by atoms with Crippen molar-refractivity contribution in [2.75, 3.05) is 0 Å². The number of urea groups is 1. The predicted octanol–water partition coefficient (Wildman–Crippen LogP) is 4.50. The van der Waals surface area contributed by atoms with Gasteiger partial charge in [0.2, 0.25) is 0 Å². The van der Waals surface area contributed by atoms with Gasteiger partial charge in [0.25, 0.3) is 0 Å². The Bertz CT molecular complexity index is 678. The van der Waals surface area contributed by atoms with E-state index in [4.69, 9.17) is 0 Å². The van der Waals surface area contributed by atoms with Crippen LogP contribution in [-0.4, -0.2) is 17.0 Å². The highest BCUT2D eigenvalue weighted by Gasteiger charge is 2.39. The molecule has 0 saturated heterocycles. The van der Waals surface area contributed by atoms with E-state index in [2.05, 4.69) is 51.3 Å². The largest absolute Gasteiger partial charge is 0.334 e. The van der Waals surface area contributed by atoms with Crippen LogP contribution in [0, 0.1) is 0 Å². The second kappa shape index (κ2) is 6.36. The van der Waals surface area contributed by atoms with Crippen molar-refractivity contribution in [2.24, 2.45) is 0 Å². The van der Waals surface area contributed by atoms with Crippen LogP contribution >= 0.6 is 11.3 Å². The number of fused-ring (bicyclic) bond motifs is 1. The fourth-order valence-electron chi connectivity index (χ4n) is 3.59. The standard InChI is InChI=1S/C19H22N2OS/c22-19(20-12-14-10-11-23-13-14)21(16-8-9-16)18-7-3-5-15-4-1-2-6-17(15)18/h1-2,4,6,10-11,13,16,18H,3,5,7-9,12H2,(H,20,22). The van der Waals surface area contributed by atoms with Crippen molar-refractivity contribution in [1.82, 2.24) is 10.2 Å². The summed E-state index contributed by atoms with van der Waals surface area (Å²) in [5.41, 5.74) is 3.96. The van der Waals surface area contributed by atoms with Crippen LogP contribution in [0.2, 0.25) is 0 Å². The van der Waals surface area contributed by atoms with Gasteiger partial charge in [-0.1, -0.05) is 24.3 Å². The van der Waals surface area contributed by atoms with Crippen molar-refractivity contribution in [3.05, 3.63) is 57.8 Å². The van der Waals surface area contributed by atoms with Crippen LogP contribution in [-0.2, 0) is 13.0 Å². The van der Waals surface area contributed by atoms with Gasteiger partial charge in [0, 0.05) is 12.6 Å². The van der Waals surface area contributed by atoms with E-state index >= 15 is 0 Å². The molecular formula is C19H22N2OS. The van der Waals surface area contributed by atoms with Crippen LogP contribution < -0.4 is 5.32 Å². The maximum absolute atomic E-state index is 12.8. The van der Waals surface area contributed by atoms with Crippen molar-refractivity contribution in [3.8, 4) is 0 Å². The van der Waals surface area contributed by atoms with E-state index in [1.807, 2.05) is 0 Å². The summed E-state index contributed by atoms with van der Waals surface area (Å²) in [5.74, 6) is 0. The Kier molecular flexibility index (Phi) is 4.08. The molecule has 2 amide bonds. The molecule has 1 aromatic heterocycles. The Hall–Kier alpha value is -1.81. The van der Waals surface area contributed by atoms with Crippen molar-refractivity contribution in [2.45, 2.75) is 50.7 Å². The van der Waals surface area contributed by atoms with Crippen molar-refractivity contribution >= 4 is 17.4 Å². The highest BCUT2D eigenvalue weighted by atomic mass is 32.1. The highest BCUT2D eigenvalue weighted by Crippen LogP contribution is 2.40. The first kappa shape index (κ1) is 14.8. The van der Waals surface area contributed by atoms with Crippen molar-refractivity contribution in [3.63, 3.8) is 0 Å². The van der Waals surface area contributed by atoms with Gasteiger partial charge in [0.15, 0.2) is 0 Å². The van der Waals surface area contributed by atoms with E-state index in [-0.39, 0.29) is 12.1 Å². The number of thiophene rings is 1. The normalized spacial score (nSPS) is 19.9. The molecule has 3 nitrogen and oxygen atoms in total. The van der Waals surface area contributed by atoms with Gasteiger partial charge in [-0.05, 0) is 65.6 Å². The van der Waals surface area contributed by atoms with Gasteiger partial charge in [-0.15, -0.1) is 0 Å². The molecule has 4 heteroatoms. The van der Waals surface area contributed by atoms with E-state index < -0.39 is 0 Å². The zero-order chi connectivity index (χ0) is 15.6. The monoisotopic (exact) mass is 326 g/mol. The Morgan fingerprint density at radius 3 is 2.87 bits per heavy atom. The highest BCUT2D eigenvalue weighted by molar-refractivity contribution is 7.07. The summed E-state index contributed by atoms with van der Waals surface area (Å²) in [6, 6.07) is 11.5. The number of amides is 2. The molecule has 0 radical (unpaired) electrons. The van der Waals surface area contributed by atoms with Gasteiger partial charge in [0.05, 0.1) is 6.04 Å². The van der Waals surface area contributed by atoms with Crippen molar-refractivity contribution < 1.29 is 4.79 Å². The average molecular weight is 326 g/mol. The zero-order valence-corrected chi connectivity index (χ0v) is 14.0. The lowest BCUT2D eigenvalue weighted by molar-refractivity contribution is 0.161. The summed E-state index contributed by atoms with van der Waals surface area (Å²) in [6.07, 6.45) is 5.68. The van der Waals surface area contributed by atoms with Crippen LogP contribution in [0.5, 0.6) is 0 Å². The maximum atomic E-state index is 12.8. The smallest absolute Gasteiger partial charge is 0.318 e. The lowest BCUT2D eigenvalue weighted by Crippen LogP contribution is -2.44. The third kappa shape index (κ3) is 3.13. The average Bonchev–Trinajstić information content (AvgIpc) is 3.27. The van der Waals surface area contributed by atoms with Gasteiger partial charge < -0.3 is 10.2 Å². The van der Waals surface area contributed by atoms with E-state index in [1.165, 1.54) is 23.1 Å². The molecule has 1 saturated carbocycles. The lowest BCUT2D eigenvalue weighted by atomic mass is 9.87. The number of hydrogen-bond acceptors (Lipinski definition) is 2. The number of carbonyl (C=O) groups excluding carboxylic acids is 1. The quantitative estimate of drug-likeness (QED) is 0.881. The molecule has 1 unspecified atom stereocenters. The van der Waals surface area contributed by atoms with Gasteiger partial charge in [0.1, 0.15) is 0 Å². The van der Waals surface area contributed by atoms with Crippen LogP contribution in [0.4, 0.5) is 4.79 Å². The van der Waals surface area contributed by atoms with Crippen molar-refractivity contribution in [1.29, 1.82) is 0 Å². The number of benzene rings is 1. The molecule has 1 fully saturated rings. The first-order chi connectivity index (χ1) is 11.3. The Morgan fingerprint density at radius 2 is 2.09 bits per heavy atom. The summed E-state index contributed by atoms with van der Waals surface area (Å²) in [4.78, 5) is 15.0. The molecule has 0 bridgehead atoms. The SMILES string of the molecule is O=C(NCc1ccsc1)N(C1CC1)C1CCCc2ccccc21. The van der Waals surface area contributed by atoms with E-state index in [1.54, 1.807) is 11.3 Å². The van der Waals surface area contributed by atoms with Crippen LogP contribution in [0.25, 0.3) is 0 Å². The molecule has 1 N–H and O–H groups in total. The topological polar surface area (TPSA) is 32.3 Å². The molecule has 0 aliphatic heterocycles. The number of hydrogen-bond donors (Lipinski definition) is 1. The first-order valence-corrected chi connectivity index (χ1v) is 9.42. The van der Waals surface area contributed by atoms with Gasteiger partial charge in [-0.25, -0.2) is 4.79 Å². The summed E-state index contributed by atoms with van der Waals surface area (Å²) >= 11 is 1.67. The molecule has 2 aromatic rings. The third-order valence-corrected chi connectivity index (χ3v) is 5.60. The summed E-state index contributed by atoms with van der Waals surface area (Å²) in [7, 11) is 0. The van der Waals surface area contributed by atoms with E-state index in [0.717, 1.165) is 25.7 Å². The Balaban J connectivity index is 1.53. The number of rotatable bonds is 4. The first-order valence-electron chi connectivity index (χ1n) is 8.48. The van der Waals surface area contributed by atoms with E-state index in [9.17, 15) is 4.79 Å². The molecule has 4 rings (SSSR count). The summed E-state index contributed by atoms with van der Waals surface area (Å²) in [6.45, 7) is 0.625. The summed E-state index contributed by atoms with van der Waals surface area (Å²) < 4.78 is 0. The van der Waals surface area contributed by atoms with Gasteiger partial charge in [-0.2, -0.15) is 11.3 Å². The Labute approximate surface area is 141 Å². The predicted molar refractivity (Wildman–Crippen MR) is 93.5 cm³/mol. The minimum atomic E-state index is 0.0976. The number of nitrogens with one attached hydrogen (secondary N) is 1. The van der Waals surface area contributed by atoms with Gasteiger partial charge >= 0.3 is 6.03 Å². The van der Waals surface area contributed by atoms with E-state index in [0.29, 0.717) is 12.6 Å². The summed E-state index contributed by atoms with van der Waals surface area (Å²) in [5, 5.41) is 7.28.